The molecule has 1 aliphatic rings. The fourth-order valence-electron chi connectivity index (χ4n) is 1.77. The first kappa shape index (κ1) is 13.5. The molecule has 1 saturated heterocycles. The third-order valence-corrected chi connectivity index (χ3v) is 3.37. The Hall–Kier alpha value is -0.610. The van der Waals surface area contributed by atoms with E-state index < -0.39 is 0 Å². The van der Waals surface area contributed by atoms with Gasteiger partial charge in [0, 0.05) is 31.7 Å². The summed E-state index contributed by atoms with van der Waals surface area (Å²) < 4.78 is 0. The number of carbonyl (C=O) groups excluding carboxylic acids is 1. The number of carbonyl (C=O) groups is 1. The van der Waals surface area contributed by atoms with E-state index in [2.05, 4.69) is 43.2 Å². The quantitative estimate of drug-likeness (QED) is 0.732. The first-order valence-corrected chi connectivity index (χ1v) is 6.25. The standard InChI is InChI=1S/C12H25N3O/c1-9(2)11(4)14-12(16)8-15-6-5-13-7-10(15)3/h9-11,13H,5-8H2,1-4H3,(H,14,16)/t10-,11?/m0/s1. The molecule has 1 heterocycles. The predicted octanol–water partition coefficient (Wildman–Crippen LogP) is 0.441. The van der Waals surface area contributed by atoms with Gasteiger partial charge in [-0.25, -0.2) is 0 Å². The maximum atomic E-state index is 11.8. The summed E-state index contributed by atoms with van der Waals surface area (Å²) in [6, 6.07) is 0.708. The van der Waals surface area contributed by atoms with Gasteiger partial charge in [-0.1, -0.05) is 13.8 Å². The van der Waals surface area contributed by atoms with Gasteiger partial charge in [0.15, 0.2) is 0 Å². The van der Waals surface area contributed by atoms with Crippen LogP contribution in [0.3, 0.4) is 0 Å². The zero-order valence-electron chi connectivity index (χ0n) is 10.9. The molecular weight excluding hydrogens is 202 g/mol. The zero-order valence-corrected chi connectivity index (χ0v) is 10.9. The summed E-state index contributed by atoms with van der Waals surface area (Å²) in [4.78, 5) is 14.0. The fraction of sp³-hybridized carbons (Fsp3) is 0.917. The highest BCUT2D eigenvalue weighted by Gasteiger charge is 2.21. The minimum Gasteiger partial charge on any atom is -0.352 e. The van der Waals surface area contributed by atoms with Gasteiger partial charge in [-0.2, -0.15) is 0 Å². The van der Waals surface area contributed by atoms with Crippen LogP contribution in [0.2, 0.25) is 0 Å². The Kier molecular flexibility index (Phi) is 5.22. The van der Waals surface area contributed by atoms with Crippen LogP contribution >= 0.6 is 0 Å². The van der Waals surface area contributed by atoms with Crippen molar-refractivity contribution in [3.05, 3.63) is 0 Å². The van der Waals surface area contributed by atoms with Crippen LogP contribution in [0.4, 0.5) is 0 Å². The minimum absolute atomic E-state index is 0.148. The van der Waals surface area contributed by atoms with Crippen molar-refractivity contribution in [1.82, 2.24) is 15.5 Å². The van der Waals surface area contributed by atoms with Gasteiger partial charge in [-0.05, 0) is 19.8 Å². The highest BCUT2D eigenvalue weighted by Crippen LogP contribution is 2.03. The first-order chi connectivity index (χ1) is 7.50. The van der Waals surface area contributed by atoms with Crippen LogP contribution in [-0.2, 0) is 4.79 Å². The molecule has 2 N–H and O–H groups in total. The van der Waals surface area contributed by atoms with E-state index in [1.807, 2.05) is 0 Å². The van der Waals surface area contributed by atoms with Crippen LogP contribution in [0.5, 0.6) is 0 Å². The topological polar surface area (TPSA) is 44.4 Å². The number of nitrogens with one attached hydrogen (secondary N) is 2. The second-order valence-corrected chi connectivity index (χ2v) is 5.12. The van der Waals surface area contributed by atoms with Crippen LogP contribution in [-0.4, -0.2) is 49.1 Å². The number of rotatable bonds is 4. The molecule has 0 aromatic heterocycles. The Morgan fingerprint density at radius 3 is 2.75 bits per heavy atom. The van der Waals surface area contributed by atoms with Crippen molar-refractivity contribution in [2.24, 2.45) is 5.92 Å². The molecule has 0 aliphatic carbocycles. The molecule has 16 heavy (non-hydrogen) atoms. The molecular formula is C12H25N3O. The Morgan fingerprint density at radius 1 is 1.50 bits per heavy atom. The second-order valence-electron chi connectivity index (χ2n) is 5.12. The largest absolute Gasteiger partial charge is 0.352 e. The van der Waals surface area contributed by atoms with Crippen molar-refractivity contribution >= 4 is 5.91 Å². The number of hydrogen-bond acceptors (Lipinski definition) is 3. The van der Waals surface area contributed by atoms with Crippen LogP contribution in [0.25, 0.3) is 0 Å². The maximum absolute atomic E-state index is 11.8. The monoisotopic (exact) mass is 227 g/mol. The van der Waals surface area contributed by atoms with Crippen molar-refractivity contribution in [2.75, 3.05) is 26.2 Å². The molecule has 1 rings (SSSR count). The van der Waals surface area contributed by atoms with Crippen LogP contribution < -0.4 is 10.6 Å². The van der Waals surface area contributed by atoms with Crippen molar-refractivity contribution in [3.8, 4) is 0 Å². The van der Waals surface area contributed by atoms with Gasteiger partial charge in [-0.15, -0.1) is 0 Å². The van der Waals surface area contributed by atoms with Crippen LogP contribution in [0.1, 0.15) is 27.7 Å². The summed E-state index contributed by atoms with van der Waals surface area (Å²) in [5, 5.41) is 6.37. The predicted molar refractivity (Wildman–Crippen MR) is 66.3 cm³/mol. The Balaban J connectivity index is 2.32. The van der Waals surface area contributed by atoms with Crippen molar-refractivity contribution < 1.29 is 4.79 Å². The molecule has 4 heteroatoms. The third kappa shape index (κ3) is 4.10. The van der Waals surface area contributed by atoms with Crippen molar-refractivity contribution in [2.45, 2.75) is 39.8 Å². The Morgan fingerprint density at radius 2 is 2.19 bits per heavy atom. The molecule has 0 saturated carbocycles. The van der Waals surface area contributed by atoms with E-state index in [1.165, 1.54) is 0 Å². The minimum atomic E-state index is 0.148. The molecule has 2 atom stereocenters. The van der Waals surface area contributed by atoms with Gasteiger partial charge in [-0.3, -0.25) is 9.69 Å². The number of nitrogens with zero attached hydrogens (tertiary/aromatic N) is 1. The summed E-state index contributed by atoms with van der Waals surface area (Å²) in [6.07, 6.45) is 0. The molecule has 1 aliphatic heterocycles. The van der Waals surface area contributed by atoms with Crippen LogP contribution in [0.15, 0.2) is 0 Å². The molecule has 1 amide bonds. The molecule has 0 aromatic rings. The molecule has 0 radical (unpaired) electrons. The molecule has 0 bridgehead atoms. The molecule has 4 nitrogen and oxygen atoms in total. The molecule has 1 fully saturated rings. The van der Waals surface area contributed by atoms with E-state index in [-0.39, 0.29) is 11.9 Å². The smallest absolute Gasteiger partial charge is 0.234 e. The molecule has 1 unspecified atom stereocenters. The highest BCUT2D eigenvalue weighted by atomic mass is 16.2. The zero-order chi connectivity index (χ0) is 12.1. The highest BCUT2D eigenvalue weighted by molar-refractivity contribution is 5.78. The SMILES string of the molecule is CC(C)C(C)NC(=O)CN1CCNC[C@@H]1C. The fourth-order valence-corrected chi connectivity index (χ4v) is 1.77. The van der Waals surface area contributed by atoms with Gasteiger partial charge >= 0.3 is 0 Å². The normalized spacial score (nSPS) is 24.4. The van der Waals surface area contributed by atoms with E-state index in [9.17, 15) is 4.79 Å². The second kappa shape index (κ2) is 6.21. The average Bonchev–Trinajstić information content (AvgIpc) is 2.21. The summed E-state index contributed by atoms with van der Waals surface area (Å²) in [5.41, 5.74) is 0. The lowest BCUT2D eigenvalue weighted by atomic mass is 10.1. The van der Waals surface area contributed by atoms with E-state index in [1.54, 1.807) is 0 Å². The molecule has 94 valence electrons. The van der Waals surface area contributed by atoms with E-state index >= 15 is 0 Å². The van der Waals surface area contributed by atoms with Gasteiger partial charge in [0.2, 0.25) is 5.91 Å². The van der Waals surface area contributed by atoms with Crippen molar-refractivity contribution in [1.29, 1.82) is 0 Å². The Labute approximate surface area is 98.8 Å². The molecule has 0 aromatic carbocycles. The van der Waals surface area contributed by atoms with Crippen molar-refractivity contribution in [3.63, 3.8) is 0 Å². The van der Waals surface area contributed by atoms with Gasteiger partial charge in [0.25, 0.3) is 0 Å². The van der Waals surface area contributed by atoms with Crippen LogP contribution in [0, 0.1) is 5.92 Å². The summed E-state index contributed by atoms with van der Waals surface area (Å²) in [6.45, 7) is 11.9. The Bertz CT molecular complexity index is 230. The summed E-state index contributed by atoms with van der Waals surface area (Å²) in [5.74, 6) is 0.638. The maximum Gasteiger partial charge on any atom is 0.234 e. The van der Waals surface area contributed by atoms with E-state index in [4.69, 9.17) is 0 Å². The number of hydrogen-bond donors (Lipinski definition) is 2. The molecule has 0 spiro atoms. The number of amides is 1. The average molecular weight is 227 g/mol. The number of piperazine rings is 1. The summed E-state index contributed by atoms with van der Waals surface area (Å²) >= 11 is 0. The first-order valence-electron chi connectivity index (χ1n) is 6.25. The van der Waals surface area contributed by atoms with E-state index in [0.29, 0.717) is 18.5 Å². The summed E-state index contributed by atoms with van der Waals surface area (Å²) in [7, 11) is 0. The van der Waals surface area contributed by atoms with E-state index in [0.717, 1.165) is 19.6 Å². The van der Waals surface area contributed by atoms with Gasteiger partial charge < -0.3 is 10.6 Å². The van der Waals surface area contributed by atoms with Gasteiger partial charge in [0.1, 0.15) is 0 Å². The third-order valence-electron chi connectivity index (χ3n) is 3.37. The van der Waals surface area contributed by atoms with Gasteiger partial charge in [0.05, 0.1) is 6.54 Å². The lowest BCUT2D eigenvalue weighted by molar-refractivity contribution is -0.123. The lowest BCUT2D eigenvalue weighted by Gasteiger charge is -2.33. The lowest BCUT2D eigenvalue weighted by Crippen LogP contribution is -2.53.